The molecule has 0 aromatic heterocycles. The molecule has 0 unspecified atom stereocenters. The SMILES string of the molecule is CC1(C)[C@H]2C=C[C@]1(C(=O)O)CC2. The molecule has 1 saturated carbocycles. The molecule has 2 aliphatic carbocycles. The summed E-state index contributed by atoms with van der Waals surface area (Å²) in [5.74, 6) is -0.169. The van der Waals surface area contributed by atoms with Crippen molar-refractivity contribution in [3.63, 3.8) is 0 Å². The van der Waals surface area contributed by atoms with E-state index in [4.69, 9.17) is 0 Å². The van der Waals surface area contributed by atoms with Crippen molar-refractivity contribution in [3.8, 4) is 0 Å². The van der Waals surface area contributed by atoms with Gasteiger partial charge in [-0.3, -0.25) is 4.79 Å². The molecule has 12 heavy (non-hydrogen) atoms. The predicted molar refractivity (Wildman–Crippen MR) is 45.7 cm³/mol. The van der Waals surface area contributed by atoms with Crippen molar-refractivity contribution in [2.24, 2.45) is 16.7 Å². The van der Waals surface area contributed by atoms with Crippen LogP contribution < -0.4 is 0 Å². The molecule has 2 rings (SSSR count). The molecule has 2 bridgehead atoms. The molecule has 0 spiro atoms. The second-order valence-electron chi connectivity index (χ2n) is 4.50. The normalized spacial score (nSPS) is 42.0. The Balaban J connectivity index is 2.49. The van der Waals surface area contributed by atoms with Crippen LogP contribution in [0.25, 0.3) is 0 Å². The van der Waals surface area contributed by atoms with Crippen LogP contribution in [0.15, 0.2) is 12.2 Å². The summed E-state index contributed by atoms with van der Waals surface area (Å²) in [6.07, 6.45) is 5.84. The summed E-state index contributed by atoms with van der Waals surface area (Å²) in [6, 6.07) is 0. The van der Waals surface area contributed by atoms with Gasteiger partial charge in [0.25, 0.3) is 0 Å². The van der Waals surface area contributed by atoms with E-state index in [2.05, 4.69) is 19.9 Å². The highest BCUT2D eigenvalue weighted by atomic mass is 16.4. The summed E-state index contributed by atoms with van der Waals surface area (Å²) in [7, 11) is 0. The van der Waals surface area contributed by atoms with E-state index < -0.39 is 11.4 Å². The molecule has 1 N–H and O–H groups in total. The molecule has 2 atom stereocenters. The van der Waals surface area contributed by atoms with Gasteiger partial charge in [0.05, 0.1) is 5.41 Å². The molecule has 66 valence electrons. The van der Waals surface area contributed by atoms with Crippen LogP contribution in [0.2, 0.25) is 0 Å². The zero-order valence-electron chi connectivity index (χ0n) is 7.50. The maximum absolute atomic E-state index is 11.1. The van der Waals surface area contributed by atoms with E-state index >= 15 is 0 Å². The van der Waals surface area contributed by atoms with Crippen molar-refractivity contribution < 1.29 is 9.90 Å². The van der Waals surface area contributed by atoms with Crippen molar-refractivity contribution in [1.82, 2.24) is 0 Å². The first-order valence-electron chi connectivity index (χ1n) is 4.43. The third-order valence-corrected chi connectivity index (χ3v) is 3.92. The minimum Gasteiger partial charge on any atom is -0.481 e. The lowest BCUT2D eigenvalue weighted by atomic mass is 9.69. The van der Waals surface area contributed by atoms with Crippen molar-refractivity contribution in [3.05, 3.63) is 12.2 Å². The van der Waals surface area contributed by atoms with Gasteiger partial charge in [-0.1, -0.05) is 26.0 Å². The Labute approximate surface area is 72.3 Å². The zero-order chi connectivity index (χ0) is 8.98. The van der Waals surface area contributed by atoms with Gasteiger partial charge in [-0.25, -0.2) is 0 Å². The van der Waals surface area contributed by atoms with E-state index in [1.165, 1.54) is 0 Å². The molecule has 2 aliphatic rings. The number of allylic oxidation sites excluding steroid dienone is 1. The van der Waals surface area contributed by atoms with Gasteiger partial charge in [-0.05, 0) is 24.2 Å². The standard InChI is InChI=1S/C10H14O2/c1-9(2)7-3-5-10(9,6-4-7)8(11)12/h3,5,7H,4,6H2,1-2H3,(H,11,12)/t7-,10+/m0/s1. The number of carboxylic acid groups (broad SMARTS) is 1. The molecular weight excluding hydrogens is 152 g/mol. The lowest BCUT2D eigenvalue weighted by molar-refractivity contribution is -0.150. The third kappa shape index (κ3) is 0.598. The summed E-state index contributed by atoms with van der Waals surface area (Å²) in [4.78, 5) is 11.1. The van der Waals surface area contributed by atoms with Gasteiger partial charge in [-0.2, -0.15) is 0 Å². The molecule has 0 saturated heterocycles. The van der Waals surface area contributed by atoms with Gasteiger partial charge < -0.3 is 5.11 Å². The highest BCUT2D eigenvalue weighted by molar-refractivity contribution is 5.80. The number of carbonyl (C=O) groups is 1. The Hall–Kier alpha value is -0.790. The van der Waals surface area contributed by atoms with Crippen LogP contribution in [0, 0.1) is 16.7 Å². The molecule has 1 fully saturated rings. The number of rotatable bonds is 1. The fourth-order valence-corrected chi connectivity index (χ4v) is 2.77. The van der Waals surface area contributed by atoms with E-state index in [-0.39, 0.29) is 5.41 Å². The number of carboxylic acids is 1. The van der Waals surface area contributed by atoms with Gasteiger partial charge in [0.2, 0.25) is 0 Å². The van der Waals surface area contributed by atoms with E-state index in [9.17, 15) is 9.90 Å². The summed E-state index contributed by atoms with van der Waals surface area (Å²) in [5, 5.41) is 9.17. The van der Waals surface area contributed by atoms with Gasteiger partial charge in [0, 0.05) is 0 Å². The monoisotopic (exact) mass is 166 g/mol. The quantitative estimate of drug-likeness (QED) is 0.605. The molecular formula is C10H14O2. The third-order valence-electron chi connectivity index (χ3n) is 3.92. The Morgan fingerprint density at radius 1 is 1.58 bits per heavy atom. The van der Waals surface area contributed by atoms with Crippen LogP contribution in [0.3, 0.4) is 0 Å². The first kappa shape index (κ1) is 7.84. The maximum atomic E-state index is 11.1. The average molecular weight is 166 g/mol. The van der Waals surface area contributed by atoms with Crippen LogP contribution in [0.4, 0.5) is 0 Å². The highest BCUT2D eigenvalue weighted by Gasteiger charge is 2.60. The van der Waals surface area contributed by atoms with Crippen molar-refractivity contribution in [1.29, 1.82) is 0 Å². The van der Waals surface area contributed by atoms with E-state index in [1.807, 2.05) is 6.08 Å². The molecule has 0 radical (unpaired) electrons. The number of hydrogen-bond acceptors (Lipinski definition) is 1. The maximum Gasteiger partial charge on any atom is 0.314 e. The van der Waals surface area contributed by atoms with Crippen LogP contribution in [0.5, 0.6) is 0 Å². The fourth-order valence-electron chi connectivity index (χ4n) is 2.77. The number of fused-ring (bicyclic) bond motifs is 2. The summed E-state index contributed by atoms with van der Waals surface area (Å²) in [6.45, 7) is 4.14. The van der Waals surface area contributed by atoms with E-state index in [1.54, 1.807) is 0 Å². The molecule has 0 heterocycles. The van der Waals surface area contributed by atoms with Gasteiger partial charge in [0.1, 0.15) is 0 Å². The Kier molecular flexibility index (Phi) is 1.26. The smallest absolute Gasteiger partial charge is 0.314 e. The zero-order valence-corrected chi connectivity index (χ0v) is 7.50. The summed E-state index contributed by atoms with van der Waals surface area (Å²) >= 11 is 0. The van der Waals surface area contributed by atoms with Crippen LogP contribution in [-0.4, -0.2) is 11.1 Å². The summed E-state index contributed by atoms with van der Waals surface area (Å²) in [5.41, 5.74) is -0.628. The number of aliphatic carboxylic acids is 1. The van der Waals surface area contributed by atoms with Crippen molar-refractivity contribution in [2.75, 3.05) is 0 Å². The second-order valence-corrected chi connectivity index (χ2v) is 4.50. The Morgan fingerprint density at radius 3 is 2.42 bits per heavy atom. The van der Waals surface area contributed by atoms with Crippen LogP contribution in [0.1, 0.15) is 26.7 Å². The minimum atomic E-state index is -0.649. The highest BCUT2D eigenvalue weighted by Crippen LogP contribution is 2.61. The topological polar surface area (TPSA) is 37.3 Å². The molecule has 0 aliphatic heterocycles. The van der Waals surface area contributed by atoms with Crippen molar-refractivity contribution in [2.45, 2.75) is 26.7 Å². The lowest BCUT2D eigenvalue weighted by Crippen LogP contribution is -2.37. The number of hydrogen-bond donors (Lipinski definition) is 1. The van der Waals surface area contributed by atoms with Gasteiger partial charge in [0.15, 0.2) is 0 Å². The molecule has 0 amide bonds. The second kappa shape index (κ2) is 1.93. The predicted octanol–water partition coefficient (Wildman–Crippen LogP) is 2.06. The molecule has 0 aromatic carbocycles. The first-order chi connectivity index (χ1) is 5.51. The van der Waals surface area contributed by atoms with E-state index in [0.29, 0.717) is 5.92 Å². The Morgan fingerprint density at radius 2 is 2.25 bits per heavy atom. The molecule has 2 heteroatoms. The fraction of sp³-hybridized carbons (Fsp3) is 0.700. The van der Waals surface area contributed by atoms with Gasteiger partial charge in [-0.15, -0.1) is 0 Å². The largest absolute Gasteiger partial charge is 0.481 e. The average Bonchev–Trinajstić information content (AvgIpc) is 2.40. The van der Waals surface area contributed by atoms with Crippen LogP contribution >= 0.6 is 0 Å². The van der Waals surface area contributed by atoms with Gasteiger partial charge >= 0.3 is 5.97 Å². The van der Waals surface area contributed by atoms with Crippen molar-refractivity contribution >= 4 is 5.97 Å². The molecule has 2 nitrogen and oxygen atoms in total. The lowest BCUT2D eigenvalue weighted by Gasteiger charge is -2.33. The Bertz CT molecular complexity index is 265. The van der Waals surface area contributed by atoms with E-state index in [0.717, 1.165) is 12.8 Å². The minimum absolute atomic E-state index is 0.0706. The first-order valence-corrected chi connectivity index (χ1v) is 4.43. The molecule has 0 aromatic rings. The summed E-state index contributed by atoms with van der Waals surface area (Å²) < 4.78 is 0. The van der Waals surface area contributed by atoms with Crippen LogP contribution in [-0.2, 0) is 4.79 Å².